The van der Waals surface area contributed by atoms with Gasteiger partial charge in [-0.1, -0.05) is 29.3 Å². The lowest BCUT2D eigenvalue weighted by molar-refractivity contribution is 0.294. The Hall–Kier alpha value is -0.540. The van der Waals surface area contributed by atoms with Gasteiger partial charge in [-0.25, -0.2) is 0 Å². The fourth-order valence-electron chi connectivity index (χ4n) is 1.37. The maximum Gasteiger partial charge on any atom is 0.119 e. The molecule has 0 spiro atoms. The third kappa shape index (κ3) is 5.19. The fraction of sp³-hybridized carbons (Fsp3) is 0.500. The number of halogens is 1. The zero-order valence-corrected chi connectivity index (χ0v) is 10.7. The maximum absolute atomic E-state index is 5.88. The van der Waals surface area contributed by atoms with E-state index in [0.29, 0.717) is 6.61 Å². The van der Waals surface area contributed by atoms with Gasteiger partial charge in [0.05, 0.1) is 6.61 Å². The molecule has 0 heterocycles. The average molecular weight is 272 g/mol. The Morgan fingerprint density at radius 2 is 1.93 bits per heavy atom. The molecule has 2 N–H and O–H groups in total. The second-order valence-corrected chi connectivity index (χ2v) is 4.56. The van der Waals surface area contributed by atoms with Crippen LogP contribution in [-0.2, 0) is 0 Å². The molecule has 1 unspecified atom stereocenters. The standard InChI is InChI=1S/C12H18BrNO/c1-2-3-11(14)8-9-15-12-6-4-10(13)5-7-12/h4-7,11H,2-3,8-9,14H2,1H3. The summed E-state index contributed by atoms with van der Waals surface area (Å²) in [4.78, 5) is 0. The summed E-state index contributed by atoms with van der Waals surface area (Å²) in [6.07, 6.45) is 3.13. The number of benzene rings is 1. The Labute approximate surface area is 99.9 Å². The normalized spacial score (nSPS) is 12.5. The van der Waals surface area contributed by atoms with Crippen molar-refractivity contribution in [2.24, 2.45) is 5.73 Å². The first-order chi connectivity index (χ1) is 7.22. The molecule has 84 valence electrons. The van der Waals surface area contributed by atoms with Crippen molar-refractivity contribution < 1.29 is 4.74 Å². The van der Waals surface area contributed by atoms with E-state index in [1.807, 2.05) is 24.3 Å². The molecular formula is C12H18BrNO. The largest absolute Gasteiger partial charge is 0.494 e. The highest BCUT2D eigenvalue weighted by molar-refractivity contribution is 9.10. The summed E-state index contributed by atoms with van der Waals surface area (Å²) in [5, 5.41) is 0. The van der Waals surface area contributed by atoms with Crippen molar-refractivity contribution in [2.45, 2.75) is 32.2 Å². The van der Waals surface area contributed by atoms with Crippen LogP contribution in [0.2, 0.25) is 0 Å². The highest BCUT2D eigenvalue weighted by Gasteiger charge is 2.01. The van der Waals surface area contributed by atoms with Crippen LogP contribution in [0.5, 0.6) is 5.75 Å². The lowest BCUT2D eigenvalue weighted by Gasteiger charge is -2.11. The van der Waals surface area contributed by atoms with Crippen LogP contribution >= 0.6 is 15.9 Å². The summed E-state index contributed by atoms with van der Waals surface area (Å²) < 4.78 is 6.64. The van der Waals surface area contributed by atoms with Crippen molar-refractivity contribution in [2.75, 3.05) is 6.61 Å². The van der Waals surface area contributed by atoms with Crippen LogP contribution in [0.3, 0.4) is 0 Å². The van der Waals surface area contributed by atoms with E-state index in [1.54, 1.807) is 0 Å². The lowest BCUT2D eigenvalue weighted by atomic mass is 10.1. The number of hydrogen-bond acceptors (Lipinski definition) is 2. The molecule has 1 aromatic carbocycles. The maximum atomic E-state index is 5.88. The van der Waals surface area contributed by atoms with Crippen LogP contribution in [0, 0.1) is 0 Å². The van der Waals surface area contributed by atoms with Crippen molar-refractivity contribution in [1.29, 1.82) is 0 Å². The zero-order valence-electron chi connectivity index (χ0n) is 9.08. The summed E-state index contributed by atoms with van der Waals surface area (Å²) in [7, 11) is 0. The smallest absolute Gasteiger partial charge is 0.119 e. The van der Waals surface area contributed by atoms with Crippen molar-refractivity contribution in [1.82, 2.24) is 0 Å². The molecule has 0 aromatic heterocycles. The van der Waals surface area contributed by atoms with E-state index in [1.165, 1.54) is 0 Å². The third-order valence-corrected chi connectivity index (χ3v) is 2.76. The summed E-state index contributed by atoms with van der Waals surface area (Å²) in [5.74, 6) is 0.905. The molecule has 1 rings (SSSR count). The predicted octanol–water partition coefficient (Wildman–Crippen LogP) is 3.35. The van der Waals surface area contributed by atoms with E-state index in [4.69, 9.17) is 10.5 Å². The highest BCUT2D eigenvalue weighted by Crippen LogP contribution is 2.16. The number of rotatable bonds is 6. The molecule has 1 aromatic rings. The van der Waals surface area contributed by atoms with Crippen molar-refractivity contribution >= 4 is 15.9 Å². The van der Waals surface area contributed by atoms with Crippen molar-refractivity contribution in [3.05, 3.63) is 28.7 Å². The van der Waals surface area contributed by atoms with E-state index in [-0.39, 0.29) is 6.04 Å². The molecule has 0 saturated carbocycles. The monoisotopic (exact) mass is 271 g/mol. The molecule has 1 atom stereocenters. The first kappa shape index (κ1) is 12.5. The van der Waals surface area contributed by atoms with Gasteiger partial charge in [-0.15, -0.1) is 0 Å². The van der Waals surface area contributed by atoms with Crippen molar-refractivity contribution in [3.8, 4) is 5.75 Å². The van der Waals surface area contributed by atoms with Crippen LogP contribution in [0.4, 0.5) is 0 Å². The second kappa shape index (κ2) is 6.85. The van der Waals surface area contributed by atoms with Crippen molar-refractivity contribution in [3.63, 3.8) is 0 Å². The van der Waals surface area contributed by atoms with Crippen LogP contribution < -0.4 is 10.5 Å². The summed E-state index contributed by atoms with van der Waals surface area (Å²) in [5.41, 5.74) is 5.88. The van der Waals surface area contributed by atoms with E-state index in [9.17, 15) is 0 Å². The van der Waals surface area contributed by atoms with E-state index in [2.05, 4.69) is 22.9 Å². The number of nitrogens with two attached hydrogens (primary N) is 1. The fourth-order valence-corrected chi connectivity index (χ4v) is 1.64. The summed E-state index contributed by atoms with van der Waals surface area (Å²) in [6, 6.07) is 8.12. The minimum Gasteiger partial charge on any atom is -0.494 e. The highest BCUT2D eigenvalue weighted by atomic mass is 79.9. The van der Waals surface area contributed by atoms with E-state index >= 15 is 0 Å². The molecule has 0 amide bonds. The summed E-state index contributed by atoms with van der Waals surface area (Å²) in [6.45, 7) is 2.85. The Bertz CT molecular complexity index is 273. The average Bonchev–Trinajstić information content (AvgIpc) is 2.21. The second-order valence-electron chi connectivity index (χ2n) is 3.64. The molecule has 0 fully saturated rings. The molecule has 3 heteroatoms. The molecule has 0 bridgehead atoms. The molecule has 2 nitrogen and oxygen atoms in total. The van der Waals surface area contributed by atoms with Crippen LogP contribution in [0.1, 0.15) is 26.2 Å². The molecule has 0 aliphatic heterocycles. The van der Waals surface area contributed by atoms with Gasteiger partial charge < -0.3 is 10.5 Å². The van der Waals surface area contributed by atoms with Crippen LogP contribution in [0.25, 0.3) is 0 Å². The quantitative estimate of drug-likeness (QED) is 0.862. The predicted molar refractivity (Wildman–Crippen MR) is 67.1 cm³/mol. The SMILES string of the molecule is CCCC(N)CCOc1ccc(Br)cc1. The molecule has 0 aliphatic rings. The molecule has 0 radical (unpaired) electrons. The van der Waals surface area contributed by atoms with Gasteiger partial charge in [0.1, 0.15) is 5.75 Å². The minimum absolute atomic E-state index is 0.269. The van der Waals surface area contributed by atoms with Gasteiger partial charge in [0.2, 0.25) is 0 Å². The Morgan fingerprint density at radius 1 is 1.27 bits per heavy atom. The topological polar surface area (TPSA) is 35.2 Å². The number of hydrogen-bond donors (Lipinski definition) is 1. The minimum atomic E-state index is 0.269. The number of ether oxygens (including phenoxy) is 1. The van der Waals surface area contributed by atoms with Crippen LogP contribution in [0.15, 0.2) is 28.7 Å². The van der Waals surface area contributed by atoms with Gasteiger partial charge in [-0.05, 0) is 37.1 Å². The molecule has 0 saturated heterocycles. The first-order valence-electron chi connectivity index (χ1n) is 5.36. The van der Waals surface area contributed by atoms with Gasteiger partial charge in [0.15, 0.2) is 0 Å². The molecule has 0 aliphatic carbocycles. The van der Waals surface area contributed by atoms with Gasteiger partial charge in [-0.2, -0.15) is 0 Å². The van der Waals surface area contributed by atoms with E-state index in [0.717, 1.165) is 29.5 Å². The first-order valence-corrected chi connectivity index (χ1v) is 6.15. The van der Waals surface area contributed by atoms with Gasteiger partial charge in [0.25, 0.3) is 0 Å². The molecular weight excluding hydrogens is 254 g/mol. The van der Waals surface area contributed by atoms with E-state index < -0.39 is 0 Å². The molecule has 15 heavy (non-hydrogen) atoms. The van der Waals surface area contributed by atoms with Gasteiger partial charge >= 0.3 is 0 Å². The zero-order chi connectivity index (χ0) is 11.1. The summed E-state index contributed by atoms with van der Waals surface area (Å²) >= 11 is 3.38. The Balaban J connectivity index is 2.22. The van der Waals surface area contributed by atoms with Gasteiger partial charge in [-0.3, -0.25) is 0 Å². The van der Waals surface area contributed by atoms with Crippen LogP contribution in [-0.4, -0.2) is 12.6 Å². The Morgan fingerprint density at radius 3 is 2.53 bits per heavy atom. The van der Waals surface area contributed by atoms with Gasteiger partial charge in [0, 0.05) is 10.5 Å². The third-order valence-electron chi connectivity index (χ3n) is 2.23. The Kier molecular flexibility index (Phi) is 5.73. The lowest BCUT2D eigenvalue weighted by Crippen LogP contribution is -2.22.